The zero-order valence-electron chi connectivity index (χ0n) is 19.0. The lowest BCUT2D eigenvalue weighted by Gasteiger charge is -2.26. The number of halogens is 1. The zero-order valence-corrected chi connectivity index (χ0v) is 19.0. The van der Waals surface area contributed by atoms with E-state index in [1.807, 2.05) is 24.4 Å². The molecule has 3 N–H and O–H groups in total. The van der Waals surface area contributed by atoms with Gasteiger partial charge in [0.25, 0.3) is 0 Å². The normalized spacial score (nSPS) is 14.0. The van der Waals surface area contributed by atoms with E-state index in [2.05, 4.69) is 25.8 Å². The molecule has 0 atom stereocenters. The molecule has 2 heterocycles. The number of fused-ring (bicyclic) bond motifs is 1. The molecule has 0 bridgehead atoms. The maximum atomic E-state index is 13.3. The van der Waals surface area contributed by atoms with Gasteiger partial charge in [-0.2, -0.15) is 0 Å². The minimum atomic E-state index is -0.464. The van der Waals surface area contributed by atoms with Crippen LogP contribution in [0.15, 0.2) is 72.9 Å². The molecule has 4 aromatic rings. The van der Waals surface area contributed by atoms with Gasteiger partial charge in [0.1, 0.15) is 17.3 Å². The van der Waals surface area contributed by atoms with Crippen molar-refractivity contribution in [2.45, 2.75) is 6.54 Å². The SMILES string of the molecule is O=C(Nc1ccc(Oc2ccc3ncc(CN4CCNCC4)nc3c2)cc1)Nc1cccc(F)c1. The molecule has 35 heavy (non-hydrogen) atoms. The molecule has 9 heteroatoms. The third-order valence-corrected chi connectivity index (χ3v) is 5.59. The maximum Gasteiger partial charge on any atom is 0.323 e. The van der Waals surface area contributed by atoms with Crippen molar-refractivity contribution in [3.8, 4) is 11.5 Å². The van der Waals surface area contributed by atoms with Gasteiger partial charge >= 0.3 is 6.03 Å². The molecule has 0 spiro atoms. The molecule has 3 aromatic carbocycles. The molecular formula is C26H25FN6O2. The number of hydrogen-bond donors (Lipinski definition) is 3. The van der Waals surface area contributed by atoms with Gasteiger partial charge in [-0.05, 0) is 54.6 Å². The van der Waals surface area contributed by atoms with Gasteiger partial charge in [0.05, 0.1) is 22.9 Å². The highest BCUT2D eigenvalue weighted by molar-refractivity contribution is 5.99. The summed E-state index contributed by atoms with van der Waals surface area (Å²) < 4.78 is 19.3. The Hall–Kier alpha value is -4.08. The van der Waals surface area contributed by atoms with E-state index >= 15 is 0 Å². The molecule has 1 saturated heterocycles. The summed E-state index contributed by atoms with van der Waals surface area (Å²) in [5.74, 6) is 0.848. The van der Waals surface area contributed by atoms with Crippen LogP contribution in [0.5, 0.6) is 11.5 Å². The first kappa shape index (κ1) is 22.7. The standard InChI is InChI=1S/C26H25FN6O2/c27-18-2-1-3-20(14-18)32-26(34)31-19-4-6-22(7-5-19)35-23-8-9-24-25(15-23)30-21(16-29-24)17-33-12-10-28-11-13-33/h1-9,14-16,28H,10-13,17H2,(H2,31,32,34). The van der Waals surface area contributed by atoms with Crippen molar-refractivity contribution in [3.63, 3.8) is 0 Å². The smallest absolute Gasteiger partial charge is 0.323 e. The number of aromatic nitrogens is 2. The lowest BCUT2D eigenvalue weighted by Crippen LogP contribution is -2.43. The molecule has 1 aromatic heterocycles. The van der Waals surface area contributed by atoms with Crippen LogP contribution in [-0.2, 0) is 6.54 Å². The number of carbonyl (C=O) groups is 1. The van der Waals surface area contributed by atoms with E-state index in [-0.39, 0.29) is 0 Å². The van der Waals surface area contributed by atoms with E-state index in [9.17, 15) is 9.18 Å². The fraction of sp³-hybridized carbons (Fsp3) is 0.192. The van der Waals surface area contributed by atoms with E-state index in [0.29, 0.717) is 22.9 Å². The van der Waals surface area contributed by atoms with Gasteiger partial charge in [-0.1, -0.05) is 6.07 Å². The number of amides is 2. The Morgan fingerprint density at radius 2 is 1.71 bits per heavy atom. The van der Waals surface area contributed by atoms with Crippen molar-refractivity contribution in [2.75, 3.05) is 36.8 Å². The van der Waals surface area contributed by atoms with E-state index < -0.39 is 11.8 Å². The summed E-state index contributed by atoms with van der Waals surface area (Å²) in [6.07, 6.45) is 1.83. The lowest BCUT2D eigenvalue weighted by atomic mass is 10.2. The molecular weight excluding hydrogens is 447 g/mol. The van der Waals surface area contributed by atoms with Crippen LogP contribution in [0.2, 0.25) is 0 Å². The molecule has 5 rings (SSSR count). The van der Waals surface area contributed by atoms with Crippen LogP contribution in [-0.4, -0.2) is 47.1 Å². The first-order valence-corrected chi connectivity index (χ1v) is 11.4. The maximum absolute atomic E-state index is 13.3. The Morgan fingerprint density at radius 1 is 0.943 bits per heavy atom. The summed E-state index contributed by atoms with van der Waals surface area (Å²) in [5.41, 5.74) is 3.47. The van der Waals surface area contributed by atoms with Crippen LogP contribution >= 0.6 is 0 Å². The molecule has 2 amide bonds. The molecule has 1 aliphatic rings. The second-order valence-corrected chi connectivity index (χ2v) is 8.25. The number of piperazine rings is 1. The highest BCUT2D eigenvalue weighted by Gasteiger charge is 2.12. The Labute approximate surface area is 202 Å². The quantitative estimate of drug-likeness (QED) is 0.380. The van der Waals surface area contributed by atoms with Crippen LogP contribution < -0.4 is 20.7 Å². The predicted molar refractivity (Wildman–Crippen MR) is 133 cm³/mol. The molecule has 8 nitrogen and oxygen atoms in total. The van der Waals surface area contributed by atoms with Crippen molar-refractivity contribution >= 4 is 28.4 Å². The van der Waals surface area contributed by atoms with E-state index in [1.165, 1.54) is 18.2 Å². The number of nitrogens with one attached hydrogen (secondary N) is 3. The topological polar surface area (TPSA) is 91.4 Å². The van der Waals surface area contributed by atoms with Crippen LogP contribution in [0.25, 0.3) is 11.0 Å². The fourth-order valence-corrected chi connectivity index (χ4v) is 3.87. The minimum Gasteiger partial charge on any atom is -0.457 e. The van der Waals surface area contributed by atoms with Gasteiger partial charge in [0.15, 0.2) is 0 Å². The number of urea groups is 1. The Balaban J connectivity index is 1.21. The van der Waals surface area contributed by atoms with E-state index in [4.69, 9.17) is 9.72 Å². The van der Waals surface area contributed by atoms with Gasteiger partial charge in [0, 0.05) is 50.2 Å². The molecule has 0 saturated carbocycles. The molecule has 0 aliphatic carbocycles. The highest BCUT2D eigenvalue weighted by atomic mass is 19.1. The van der Waals surface area contributed by atoms with Crippen LogP contribution in [0.1, 0.15) is 5.69 Å². The van der Waals surface area contributed by atoms with Crippen LogP contribution in [0.4, 0.5) is 20.6 Å². The number of hydrogen-bond acceptors (Lipinski definition) is 6. The van der Waals surface area contributed by atoms with Gasteiger partial charge in [-0.15, -0.1) is 0 Å². The third-order valence-electron chi connectivity index (χ3n) is 5.59. The van der Waals surface area contributed by atoms with Gasteiger partial charge in [0.2, 0.25) is 0 Å². The Morgan fingerprint density at radius 3 is 2.51 bits per heavy atom. The van der Waals surface area contributed by atoms with E-state index in [1.54, 1.807) is 30.3 Å². The Kier molecular flexibility index (Phi) is 6.78. The van der Waals surface area contributed by atoms with Gasteiger partial charge in [-0.3, -0.25) is 9.88 Å². The summed E-state index contributed by atoms with van der Waals surface area (Å²) in [7, 11) is 0. The summed E-state index contributed by atoms with van der Waals surface area (Å²) in [6.45, 7) is 4.76. The monoisotopic (exact) mass is 472 g/mol. The summed E-state index contributed by atoms with van der Waals surface area (Å²) in [4.78, 5) is 23.8. The highest BCUT2D eigenvalue weighted by Crippen LogP contribution is 2.26. The molecule has 0 radical (unpaired) electrons. The summed E-state index contributed by atoms with van der Waals surface area (Å²) >= 11 is 0. The molecule has 1 fully saturated rings. The summed E-state index contributed by atoms with van der Waals surface area (Å²) in [6, 6.07) is 17.8. The van der Waals surface area contributed by atoms with Crippen molar-refractivity contribution in [1.82, 2.24) is 20.2 Å². The molecule has 1 aliphatic heterocycles. The number of nitrogens with zero attached hydrogens (tertiary/aromatic N) is 3. The zero-order chi connectivity index (χ0) is 24.0. The van der Waals surface area contributed by atoms with E-state index in [0.717, 1.165) is 49.5 Å². The van der Waals surface area contributed by atoms with Gasteiger partial charge in [-0.25, -0.2) is 14.2 Å². The van der Waals surface area contributed by atoms with Crippen molar-refractivity contribution in [1.29, 1.82) is 0 Å². The summed E-state index contributed by atoms with van der Waals surface area (Å²) in [5, 5.41) is 8.66. The number of carbonyl (C=O) groups excluding carboxylic acids is 1. The first-order chi connectivity index (χ1) is 17.1. The number of rotatable bonds is 6. The second-order valence-electron chi connectivity index (χ2n) is 8.25. The van der Waals surface area contributed by atoms with Crippen molar-refractivity contribution in [2.24, 2.45) is 0 Å². The molecule has 0 unspecified atom stereocenters. The molecule has 178 valence electrons. The van der Waals surface area contributed by atoms with Crippen molar-refractivity contribution < 1.29 is 13.9 Å². The van der Waals surface area contributed by atoms with Gasteiger partial charge < -0.3 is 20.7 Å². The predicted octanol–water partition coefficient (Wildman–Crippen LogP) is 4.61. The largest absolute Gasteiger partial charge is 0.457 e. The lowest BCUT2D eigenvalue weighted by molar-refractivity contribution is 0.230. The first-order valence-electron chi connectivity index (χ1n) is 11.4. The number of ether oxygens (including phenoxy) is 1. The average Bonchev–Trinajstić information content (AvgIpc) is 2.86. The third kappa shape index (κ3) is 6.08. The average molecular weight is 473 g/mol. The van der Waals surface area contributed by atoms with Crippen molar-refractivity contribution in [3.05, 3.63) is 84.4 Å². The minimum absolute atomic E-state index is 0.373. The van der Waals surface area contributed by atoms with Crippen LogP contribution in [0, 0.1) is 5.82 Å². The number of benzene rings is 3. The van der Waals surface area contributed by atoms with Crippen LogP contribution in [0.3, 0.4) is 0 Å². The Bertz CT molecular complexity index is 1330. The second kappa shape index (κ2) is 10.5. The number of anilines is 2. The fourth-order valence-electron chi connectivity index (χ4n) is 3.87.